The third-order valence-corrected chi connectivity index (χ3v) is 5.38. The first-order chi connectivity index (χ1) is 14.0. The first kappa shape index (κ1) is 21.1. The molecule has 0 atom stereocenters. The molecule has 2 amide bonds. The van der Waals surface area contributed by atoms with Gasteiger partial charge in [0.25, 0.3) is 5.91 Å². The maximum atomic E-state index is 13.2. The zero-order valence-electron chi connectivity index (χ0n) is 17.6. The first-order valence-electron chi connectivity index (χ1n) is 10.2. The fourth-order valence-electron chi connectivity index (χ4n) is 3.43. The van der Waals surface area contributed by atoms with Gasteiger partial charge in [0.2, 0.25) is 5.91 Å². The topological polar surface area (TPSA) is 54.8 Å². The Morgan fingerprint density at radius 1 is 1.17 bits per heavy atom. The summed E-state index contributed by atoms with van der Waals surface area (Å²) in [6, 6.07) is 11.8. The van der Waals surface area contributed by atoms with E-state index in [1.54, 1.807) is 12.0 Å². The molecule has 1 heterocycles. The monoisotopic (exact) mass is 397 g/mol. The van der Waals surface area contributed by atoms with Gasteiger partial charge in [0, 0.05) is 50.8 Å². The van der Waals surface area contributed by atoms with Crippen molar-refractivity contribution in [2.24, 2.45) is 7.05 Å². The van der Waals surface area contributed by atoms with E-state index in [-0.39, 0.29) is 24.4 Å². The molecule has 0 bridgehead atoms. The van der Waals surface area contributed by atoms with Crippen LogP contribution in [0.25, 0.3) is 0 Å². The normalized spacial score (nSPS) is 13.3. The standard InChI is InChI=1S/C23H31N3O3/c1-18-7-9-19(10-8-18)23(28)25(14-5-15-29-3)17-22(27)26(20-11-12-20)16-21-6-4-13-24(21)2/h4,6-10,13,20H,5,11-12,14-17H2,1-3H3. The zero-order valence-corrected chi connectivity index (χ0v) is 17.6. The second-order valence-corrected chi connectivity index (χ2v) is 7.80. The highest BCUT2D eigenvalue weighted by molar-refractivity contribution is 5.96. The number of hydrogen-bond donors (Lipinski definition) is 0. The number of carbonyl (C=O) groups is 2. The summed E-state index contributed by atoms with van der Waals surface area (Å²) in [5, 5.41) is 0. The summed E-state index contributed by atoms with van der Waals surface area (Å²) in [5.74, 6) is -0.101. The van der Waals surface area contributed by atoms with E-state index in [9.17, 15) is 9.59 Å². The van der Waals surface area contributed by atoms with E-state index < -0.39 is 0 Å². The number of hydrogen-bond acceptors (Lipinski definition) is 3. The lowest BCUT2D eigenvalue weighted by atomic mass is 10.1. The van der Waals surface area contributed by atoms with Gasteiger partial charge in [-0.2, -0.15) is 0 Å². The predicted octanol–water partition coefficient (Wildman–Crippen LogP) is 3.00. The van der Waals surface area contributed by atoms with Crippen molar-refractivity contribution in [2.75, 3.05) is 26.8 Å². The quantitative estimate of drug-likeness (QED) is 0.579. The average molecular weight is 398 g/mol. The Hall–Kier alpha value is -2.60. The van der Waals surface area contributed by atoms with Crippen LogP contribution in [0.1, 0.15) is 40.9 Å². The molecule has 0 radical (unpaired) electrons. The number of aromatic nitrogens is 1. The lowest BCUT2D eigenvalue weighted by Gasteiger charge is -2.28. The third-order valence-electron chi connectivity index (χ3n) is 5.38. The maximum Gasteiger partial charge on any atom is 0.254 e. The van der Waals surface area contributed by atoms with Gasteiger partial charge in [-0.05, 0) is 50.5 Å². The molecular formula is C23H31N3O3. The van der Waals surface area contributed by atoms with Gasteiger partial charge < -0.3 is 19.1 Å². The van der Waals surface area contributed by atoms with Crippen LogP contribution in [0.3, 0.4) is 0 Å². The summed E-state index contributed by atoms with van der Waals surface area (Å²) >= 11 is 0. The average Bonchev–Trinajstić information content (AvgIpc) is 3.47. The fraction of sp³-hybridized carbons (Fsp3) is 0.478. The Bertz CT molecular complexity index is 824. The molecule has 6 heteroatoms. The van der Waals surface area contributed by atoms with Gasteiger partial charge in [0.05, 0.1) is 6.54 Å². The number of aryl methyl sites for hydroxylation is 2. The highest BCUT2D eigenvalue weighted by Crippen LogP contribution is 2.28. The highest BCUT2D eigenvalue weighted by Gasteiger charge is 2.34. The van der Waals surface area contributed by atoms with E-state index >= 15 is 0 Å². The number of ether oxygens (including phenoxy) is 1. The molecule has 3 rings (SSSR count). The highest BCUT2D eigenvalue weighted by atomic mass is 16.5. The molecule has 1 saturated carbocycles. The van der Waals surface area contributed by atoms with Crippen LogP contribution in [0.4, 0.5) is 0 Å². The molecule has 6 nitrogen and oxygen atoms in total. The van der Waals surface area contributed by atoms with Gasteiger partial charge in [-0.3, -0.25) is 9.59 Å². The molecule has 29 heavy (non-hydrogen) atoms. The molecule has 1 fully saturated rings. The van der Waals surface area contributed by atoms with E-state index in [0.29, 0.717) is 31.7 Å². The van der Waals surface area contributed by atoms with E-state index in [4.69, 9.17) is 4.74 Å². The lowest BCUT2D eigenvalue weighted by molar-refractivity contribution is -0.133. The van der Waals surface area contributed by atoms with Crippen LogP contribution in [0, 0.1) is 6.92 Å². The van der Waals surface area contributed by atoms with Crippen molar-refractivity contribution < 1.29 is 14.3 Å². The summed E-state index contributed by atoms with van der Waals surface area (Å²) in [5.41, 5.74) is 2.81. The second-order valence-electron chi connectivity index (χ2n) is 7.80. The minimum Gasteiger partial charge on any atom is -0.385 e. The van der Waals surface area contributed by atoms with E-state index in [0.717, 1.165) is 24.1 Å². The number of amides is 2. The van der Waals surface area contributed by atoms with Crippen LogP contribution in [0.5, 0.6) is 0 Å². The van der Waals surface area contributed by atoms with E-state index in [1.165, 1.54) is 0 Å². The van der Waals surface area contributed by atoms with Gasteiger partial charge in [-0.1, -0.05) is 17.7 Å². The SMILES string of the molecule is COCCCN(CC(=O)N(Cc1cccn1C)C1CC1)C(=O)c1ccc(C)cc1. The van der Waals surface area contributed by atoms with Crippen LogP contribution in [0.15, 0.2) is 42.6 Å². The van der Waals surface area contributed by atoms with Gasteiger partial charge in [-0.25, -0.2) is 0 Å². The summed E-state index contributed by atoms with van der Waals surface area (Å²) in [7, 11) is 3.63. The molecule has 1 aliphatic rings. The molecule has 1 aromatic heterocycles. The van der Waals surface area contributed by atoms with Crippen molar-refractivity contribution in [2.45, 2.75) is 38.8 Å². The number of rotatable bonds is 10. The lowest BCUT2D eigenvalue weighted by Crippen LogP contribution is -2.44. The second kappa shape index (κ2) is 9.74. The van der Waals surface area contributed by atoms with Crippen LogP contribution < -0.4 is 0 Å². The summed E-state index contributed by atoms with van der Waals surface area (Å²) in [4.78, 5) is 29.9. The Labute approximate surface area is 173 Å². The minimum atomic E-state index is -0.107. The van der Waals surface area contributed by atoms with Crippen molar-refractivity contribution in [3.63, 3.8) is 0 Å². The Kier molecular flexibility index (Phi) is 7.09. The number of nitrogens with zero attached hydrogens (tertiary/aromatic N) is 3. The van der Waals surface area contributed by atoms with Crippen LogP contribution in [-0.2, 0) is 23.1 Å². The van der Waals surface area contributed by atoms with Gasteiger partial charge in [-0.15, -0.1) is 0 Å². The first-order valence-corrected chi connectivity index (χ1v) is 10.2. The molecule has 0 spiro atoms. The maximum absolute atomic E-state index is 13.2. The number of benzene rings is 1. The molecular weight excluding hydrogens is 366 g/mol. The molecule has 2 aromatic rings. The number of carbonyl (C=O) groups excluding carboxylic acids is 2. The van der Waals surface area contributed by atoms with Crippen LogP contribution >= 0.6 is 0 Å². The summed E-state index contributed by atoms with van der Waals surface area (Å²) < 4.78 is 7.18. The van der Waals surface area contributed by atoms with Crippen LogP contribution in [-0.4, -0.2) is 59.0 Å². The molecule has 0 unspecified atom stereocenters. The van der Waals surface area contributed by atoms with Gasteiger partial charge >= 0.3 is 0 Å². The Morgan fingerprint density at radius 3 is 2.48 bits per heavy atom. The Morgan fingerprint density at radius 2 is 1.90 bits per heavy atom. The smallest absolute Gasteiger partial charge is 0.254 e. The minimum absolute atomic E-state index is 0.00609. The Balaban J connectivity index is 1.72. The zero-order chi connectivity index (χ0) is 20.8. The van der Waals surface area contributed by atoms with Crippen molar-refractivity contribution >= 4 is 11.8 Å². The molecule has 0 aliphatic heterocycles. The van der Waals surface area contributed by atoms with Crippen LogP contribution in [0.2, 0.25) is 0 Å². The summed E-state index contributed by atoms with van der Waals surface area (Å²) in [6.45, 7) is 3.72. The van der Waals surface area contributed by atoms with Gasteiger partial charge in [0.15, 0.2) is 0 Å². The van der Waals surface area contributed by atoms with Crippen molar-refractivity contribution in [1.82, 2.24) is 14.4 Å². The van der Waals surface area contributed by atoms with Crippen molar-refractivity contribution in [3.8, 4) is 0 Å². The van der Waals surface area contributed by atoms with Crippen molar-refractivity contribution in [1.29, 1.82) is 0 Å². The number of methoxy groups -OCH3 is 1. The van der Waals surface area contributed by atoms with Gasteiger partial charge in [0.1, 0.15) is 6.54 Å². The summed E-state index contributed by atoms with van der Waals surface area (Å²) in [6.07, 6.45) is 4.75. The molecule has 156 valence electrons. The third kappa shape index (κ3) is 5.70. The predicted molar refractivity (Wildman–Crippen MR) is 113 cm³/mol. The van der Waals surface area contributed by atoms with E-state index in [2.05, 4.69) is 0 Å². The molecule has 1 aliphatic carbocycles. The molecule has 0 N–H and O–H groups in total. The fourth-order valence-corrected chi connectivity index (χ4v) is 3.43. The largest absolute Gasteiger partial charge is 0.385 e. The van der Waals surface area contributed by atoms with Crippen molar-refractivity contribution in [3.05, 3.63) is 59.4 Å². The van der Waals surface area contributed by atoms with E-state index in [1.807, 2.05) is 66.0 Å². The molecule has 1 aromatic carbocycles. The molecule has 0 saturated heterocycles.